The van der Waals surface area contributed by atoms with Crippen molar-refractivity contribution in [2.24, 2.45) is 0 Å². The predicted octanol–water partition coefficient (Wildman–Crippen LogP) is 3.32. The largest absolute Gasteiger partial charge is 0.364 e. The second kappa shape index (κ2) is 5.63. The molecule has 2 aliphatic rings. The third-order valence-corrected chi connectivity index (χ3v) is 4.98. The summed E-state index contributed by atoms with van der Waals surface area (Å²) >= 11 is 6.16. The second-order valence-corrected chi connectivity index (χ2v) is 6.31. The van der Waals surface area contributed by atoms with E-state index in [0.717, 1.165) is 24.1 Å². The van der Waals surface area contributed by atoms with Gasteiger partial charge in [-0.25, -0.2) is 0 Å². The Bertz CT molecular complexity index is 523. The molecule has 2 atom stereocenters. The smallest absolute Gasteiger partial charge is 0.101 e. The summed E-state index contributed by atoms with van der Waals surface area (Å²) in [5.41, 5.74) is 1.78. The van der Waals surface area contributed by atoms with Crippen LogP contribution in [0.15, 0.2) is 18.2 Å². The first-order chi connectivity index (χ1) is 9.72. The normalized spacial score (nSPS) is 29.1. The maximum atomic E-state index is 9.37. The van der Waals surface area contributed by atoms with Crippen molar-refractivity contribution >= 4 is 17.3 Å². The van der Waals surface area contributed by atoms with Gasteiger partial charge in [0.05, 0.1) is 11.3 Å². The van der Waals surface area contributed by atoms with Gasteiger partial charge in [0.2, 0.25) is 0 Å². The molecule has 3 nitrogen and oxygen atoms in total. The number of nitriles is 1. The molecule has 0 aliphatic carbocycles. The summed E-state index contributed by atoms with van der Waals surface area (Å²) in [4.78, 5) is 2.47. The standard InChI is InChI=1S/C16H20ClN3/c1-19-13-8-14-3-2-4-15(9-13)20(14)16-7-12(17)6-5-11(16)10-18/h5-7,13-15,19H,2-4,8-9H2,1H3. The Morgan fingerprint density at radius 3 is 2.60 bits per heavy atom. The Hall–Kier alpha value is -1.24. The Balaban J connectivity index is 1.98. The number of fused-ring (bicyclic) bond motifs is 2. The molecule has 20 heavy (non-hydrogen) atoms. The molecule has 1 aromatic rings. The van der Waals surface area contributed by atoms with Gasteiger partial charge in [-0.2, -0.15) is 5.26 Å². The first-order valence-electron chi connectivity index (χ1n) is 7.38. The highest BCUT2D eigenvalue weighted by molar-refractivity contribution is 6.30. The summed E-state index contributed by atoms with van der Waals surface area (Å²) in [5, 5.41) is 13.5. The molecule has 3 rings (SSSR count). The molecule has 0 saturated carbocycles. The minimum Gasteiger partial charge on any atom is -0.364 e. The SMILES string of the molecule is CNC1CC2CCCC(C1)N2c1cc(Cl)ccc1C#N. The minimum atomic E-state index is 0.533. The van der Waals surface area contributed by atoms with Crippen molar-refractivity contribution in [1.82, 2.24) is 5.32 Å². The molecule has 2 unspecified atom stereocenters. The van der Waals surface area contributed by atoms with Crippen LogP contribution in [0.25, 0.3) is 0 Å². The fourth-order valence-electron chi connectivity index (χ4n) is 3.82. The lowest BCUT2D eigenvalue weighted by molar-refractivity contribution is 0.252. The quantitative estimate of drug-likeness (QED) is 0.908. The lowest BCUT2D eigenvalue weighted by Crippen LogP contribution is -2.56. The predicted molar refractivity (Wildman–Crippen MR) is 82.2 cm³/mol. The summed E-state index contributed by atoms with van der Waals surface area (Å²) in [6.45, 7) is 0. The molecule has 106 valence electrons. The Morgan fingerprint density at radius 1 is 1.30 bits per heavy atom. The average Bonchev–Trinajstić information content (AvgIpc) is 2.45. The van der Waals surface area contributed by atoms with E-state index in [1.165, 1.54) is 19.3 Å². The highest BCUT2D eigenvalue weighted by Gasteiger charge is 2.38. The maximum absolute atomic E-state index is 9.37. The van der Waals surface area contributed by atoms with Crippen LogP contribution in [0.4, 0.5) is 5.69 Å². The van der Waals surface area contributed by atoms with Crippen LogP contribution < -0.4 is 10.2 Å². The summed E-state index contributed by atoms with van der Waals surface area (Å²) in [6, 6.07) is 9.60. The van der Waals surface area contributed by atoms with E-state index < -0.39 is 0 Å². The second-order valence-electron chi connectivity index (χ2n) is 5.88. The zero-order valence-electron chi connectivity index (χ0n) is 11.8. The van der Waals surface area contributed by atoms with Crippen molar-refractivity contribution in [3.05, 3.63) is 28.8 Å². The van der Waals surface area contributed by atoms with Gasteiger partial charge >= 0.3 is 0 Å². The molecular formula is C16H20ClN3. The molecule has 2 saturated heterocycles. The monoisotopic (exact) mass is 289 g/mol. The molecule has 2 aliphatic heterocycles. The van der Waals surface area contributed by atoms with Crippen LogP contribution in [-0.2, 0) is 0 Å². The molecule has 4 heteroatoms. The van der Waals surface area contributed by atoms with E-state index in [-0.39, 0.29) is 0 Å². The van der Waals surface area contributed by atoms with Crippen LogP contribution in [0.5, 0.6) is 0 Å². The third kappa shape index (κ3) is 2.39. The van der Waals surface area contributed by atoms with E-state index in [4.69, 9.17) is 11.6 Å². The first kappa shape index (κ1) is 13.7. The van der Waals surface area contributed by atoms with Gasteiger partial charge in [0.25, 0.3) is 0 Å². The lowest BCUT2D eigenvalue weighted by atomic mass is 9.81. The number of anilines is 1. The first-order valence-corrected chi connectivity index (χ1v) is 7.76. The fourth-order valence-corrected chi connectivity index (χ4v) is 3.99. The topological polar surface area (TPSA) is 39.1 Å². The van der Waals surface area contributed by atoms with Crippen molar-refractivity contribution in [3.8, 4) is 6.07 Å². The van der Waals surface area contributed by atoms with Gasteiger partial charge < -0.3 is 10.2 Å². The number of halogens is 1. The van der Waals surface area contributed by atoms with Gasteiger partial charge in [-0.05, 0) is 57.4 Å². The number of nitrogens with one attached hydrogen (secondary N) is 1. The molecule has 2 fully saturated rings. The Kier molecular flexibility index (Phi) is 3.87. The van der Waals surface area contributed by atoms with Gasteiger partial charge in [0, 0.05) is 23.1 Å². The van der Waals surface area contributed by atoms with E-state index in [2.05, 4.69) is 23.3 Å². The van der Waals surface area contributed by atoms with Gasteiger partial charge in [-0.3, -0.25) is 0 Å². The number of nitrogens with zero attached hydrogens (tertiary/aromatic N) is 2. The summed E-state index contributed by atoms with van der Waals surface area (Å²) in [6.07, 6.45) is 6.04. The summed E-state index contributed by atoms with van der Waals surface area (Å²) in [7, 11) is 2.05. The zero-order valence-corrected chi connectivity index (χ0v) is 12.5. The number of piperidine rings is 2. The van der Waals surface area contributed by atoms with Crippen LogP contribution >= 0.6 is 11.6 Å². The minimum absolute atomic E-state index is 0.533. The van der Waals surface area contributed by atoms with Gasteiger partial charge in [-0.1, -0.05) is 11.6 Å². The Labute approximate surface area is 125 Å². The molecule has 1 N–H and O–H groups in total. The molecule has 0 spiro atoms. The highest BCUT2D eigenvalue weighted by Crippen LogP contribution is 2.39. The van der Waals surface area contributed by atoms with E-state index in [1.807, 2.05) is 12.1 Å². The summed E-state index contributed by atoms with van der Waals surface area (Å²) in [5.74, 6) is 0. The highest BCUT2D eigenvalue weighted by atomic mass is 35.5. The van der Waals surface area contributed by atoms with Crippen molar-refractivity contribution in [3.63, 3.8) is 0 Å². The molecule has 2 bridgehead atoms. The maximum Gasteiger partial charge on any atom is 0.101 e. The van der Waals surface area contributed by atoms with Crippen LogP contribution in [0, 0.1) is 11.3 Å². The van der Waals surface area contributed by atoms with E-state index in [9.17, 15) is 5.26 Å². The molecule has 0 radical (unpaired) electrons. The molecule has 0 amide bonds. The third-order valence-electron chi connectivity index (χ3n) is 4.74. The molecule has 1 aromatic carbocycles. The number of rotatable bonds is 2. The number of hydrogen-bond donors (Lipinski definition) is 1. The van der Waals surface area contributed by atoms with Crippen LogP contribution in [0.1, 0.15) is 37.7 Å². The number of benzene rings is 1. The Morgan fingerprint density at radius 2 is 2.00 bits per heavy atom. The van der Waals surface area contributed by atoms with Crippen LogP contribution in [0.3, 0.4) is 0 Å². The van der Waals surface area contributed by atoms with Crippen molar-refractivity contribution in [2.45, 2.75) is 50.2 Å². The zero-order chi connectivity index (χ0) is 14.1. The van der Waals surface area contributed by atoms with Crippen LogP contribution in [0.2, 0.25) is 5.02 Å². The van der Waals surface area contributed by atoms with E-state index in [0.29, 0.717) is 23.1 Å². The van der Waals surface area contributed by atoms with Crippen molar-refractivity contribution < 1.29 is 0 Å². The van der Waals surface area contributed by atoms with Crippen LogP contribution in [-0.4, -0.2) is 25.2 Å². The number of hydrogen-bond acceptors (Lipinski definition) is 3. The van der Waals surface area contributed by atoms with Gasteiger partial charge in [0.1, 0.15) is 6.07 Å². The van der Waals surface area contributed by atoms with E-state index >= 15 is 0 Å². The molecule has 2 heterocycles. The van der Waals surface area contributed by atoms with E-state index in [1.54, 1.807) is 6.07 Å². The van der Waals surface area contributed by atoms with Gasteiger partial charge in [-0.15, -0.1) is 0 Å². The molecular weight excluding hydrogens is 270 g/mol. The van der Waals surface area contributed by atoms with Gasteiger partial charge in [0.15, 0.2) is 0 Å². The average molecular weight is 290 g/mol. The summed E-state index contributed by atoms with van der Waals surface area (Å²) < 4.78 is 0. The van der Waals surface area contributed by atoms with Crippen molar-refractivity contribution in [1.29, 1.82) is 5.26 Å². The molecule has 0 aromatic heterocycles. The fraction of sp³-hybridized carbons (Fsp3) is 0.562. The lowest BCUT2D eigenvalue weighted by Gasteiger charge is -2.50. The van der Waals surface area contributed by atoms with Crippen molar-refractivity contribution in [2.75, 3.05) is 11.9 Å².